The number of carboxylic acids is 1. The van der Waals surface area contributed by atoms with Crippen molar-refractivity contribution >= 4 is 27.6 Å². The van der Waals surface area contributed by atoms with Crippen LogP contribution in [-0.2, 0) is 19.6 Å². The summed E-state index contributed by atoms with van der Waals surface area (Å²) in [7, 11) is -4.10. The van der Waals surface area contributed by atoms with Crippen LogP contribution in [0.3, 0.4) is 0 Å². The number of anilines is 1. The number of carbonyl (C=O) groups excluding carboxylic acids is 1. The molecule has 22 heavy (non-hydrogen) atoms. The lowest BCUT2D eigenvalue weighted by Crippen LogP contribution is -2.46. The van der Waals surface area contributed by atoms with Gasteiger partial charge in [0.25, 0.3) is 0 Å². The molecule has 1 atom stereocenters. The number of amides is 1. The zero-order chi connectivity index (χ0) is 16.9. The second-order valence-corrected chi connectivity index (χ2v) is 6.51. The number of sulfonamides is 1. The van der Waals surface area contributed by atoms with Crippen LogP contribution < -0.4 is 11.1 Å². The van der Waals surface area contributed by atoms with E-state index in [-0.39, 0.29) is 29.6 Å². The average molecular weight is 329 g/mol. The number of nitrogens with two attached hydrogens (primary N) is 1. The maximum Gasteiger partial charge on any atom is 0.321 e. The number of hydrogen-bond acceptors (Lipinski definition) is 5. The van der Waals surface area contributed by atoms with Crippen LogP contribution in [0.25, 0.3) is 0 Å². The monoisotopic (exact) mass is 329 g/mol. The fourth-order valence-corrected chi connectivity index (χ4v) is 3.54. The highest BCUT2D eigenvalue weighted by Crippen LogP contribution is 2.23. The topological polar surface area (TPSA) is 130 Å². The van der Waals surface area contributed by atoms with Crippen LogP contribution in [-0.4, -0.2) is 48.8 Å². The minimum Gasteiger partial charge on any atom is -0.480 e. The van der Waals surface area contributed by atoms with Gasteiger partial charge in [0.15, 0.2) is 0 Å². The van der Waals surface area contributed by atoms with E-state index in [1.807, 2.05) is 0 Å². The fourth-order valence-electron chi connectivity index (χ4n) is 1.83. The number of nitrogens with zero attached hydrogens (tertiary/aromatic N) is 1. The van der Waals surface area contributed by atoms with Gasteiger partial charge in [-0.2, -0.15) is 4.31 Å². The van der Waals surface area contributed by atoms with Gasteiger partial charge in [0.2, 0.25) is 15.9 Å². The van der Waals surface area contributed by atoms with Crippen LogP contribution in [0.1, 0.15) is 13.8 Å². The Hall–Kier alpha value is -2.13. The number of para-hydroxylation sites is 1. The van der Waals surface area contributed by atoms with Gasteiger partial charge in [0.05, 0.1) is 5.69 Å². The van der Waals surface area contributed by atoms with Crippen molar-refractivity contribution in [1.82, 2.24) is 9.62 Å². The van der Waals surface area contributed by atoms with Crippen molar-refractivity contribution in [3.8, 4) is 0 Å². The predicted molar refractivity (Wildman–Crippen MR) is 80.5 cm³/mol. The van der Waals surface area contributed by atoms with Crippen molar-refractivity contribution < 1.29 is 23.1 Å². The Labute approximate surface area is 129 Å². The van der Waals surface area contributed by atoms with E-state index in [1.165, 1.54) is 32.0 Å². The van der Waals surface area contributed by atoms with E-state index in [0.29, 0.717) is 0 Å². The first-order chi connectivity index (χ1) is 10.2. The van der Waals surface area contributed by atoms with Crippen molar-refractivity contribution in [1.29, 1.82) is 0 Å². The molecular weight excluding hydrogens is 310 g/mol. The highest BCUT2D eigenvalue weighted by atomic mass is 32.2. The normalized spacial score (nSPS) is 12.9. The van der Waals surface area contributed by atoms with Crippen LogP contribution in [0.2, 0.25) is 0 Å². The summed E-state index contributed by atoms with van der Waals surface area (Å²) in [6, 6.07) is 4.52. The van der Waals surface area contributed by atoms with Gasteiger partial charge in [0, 0.05) is 20.0 Å². The lowest BCUT2D eigenvalue weighted by molar-refractivity contribution is -0.140. The average Bonchev–Trinajstić information content (AvgIpc) is 2.42. The van der Waals surface area contributed by atoms with E-state index >= 15 is 0 Å². The molecule has 0 fully saturated rings. The van der Waals surface area contributed by atoms with Gasteiger partial charge in [-0.25, -0.2) is 8.42 Å². The number of carbonyl (C=O) groups is 2. The largest absolute Gasteiger partial charge is 0.480 e. The van der Waals surface area contributed by atoms with Crippen molar-refractivity contribution in [3.05, 3.63) is 24.3 Å². The summed E-state index contributed by atoms with van der Waals surface area (Å²) in [5, 5.41) is 11.6. The minimum absolute atomic E-state index is 0.00107. The van der Waals surface area contributed by atoms with Crippen molar-refractivity contribution in [3.63, 3.8) is 0 Å². The van der Waals surface area contributed by atoms with Crippen LogP contribution >= 0.6 is 0 Å². The van der Waals surface area contributed by atoms with E-state index in [4.69, 9.17) is 10.8 Å². The molecule has 8 nitrogen and oxygen atoms in total. The van der Waals surface area contributed by atoms with E-state index in [1.54, 1.807) is 6.07 Å². The second-order valence-electron chi connectivity index (χ2n) is 4.65. The maximum absolute atomic E-state index is 12.6. The Kier molecular flexibility index (Phi) is 5.89. The molecule has 1 aromatic rings. The van der Waals surface area contributed by atoms with Crippen LogP contribution in [0.5, 0.6) is 0 Å². The molecule has 0 aliphatic heterocycles. The molecule has 0 heterocycles. The molecular formula is C13H19N3O5S. The van der Waals surface area contributed by atoms with Crippen molar-refractivity contribution in [2.45, 2.75) is 24.8 Å². The molecule has 4 N–H and O–H groups in total. The summed E-state index contributed by atoms with van der Waals surface area (Å²) < 4.78 is 26.1. The Morgan fingerprint density at radius 3 is 2.45 bits per heavy atom. The molecule has 0 aliphatic rings. The first-order valence-corrected chi connectivity index (χ1v) is 7.95. The third-order valence-corrected chi connectivity index (χ3v) is 5.05. The third-order valence-electron chi connectivity index (χ3n) is 3.00. The number of aliphatic carboxylic acids is 1. The summed E-state index contributed by atoms with van der Waals surface area (Å²) in [6.45, 7) is 2.37. The van der Waals surface area contributed by atoms with Crippen molar-refractivity contribution in [2.75, 3.05) is 18.8 Å². The molecule has 0 radical (unpaired) electrons. The molecule has 122 valence electrons. The Morgan fingerprint density at radius 1 is 1.36 bits per heavy atom. The lowest BCUT2D eigenvalue weighted by Gasteiger charge is -2.26. The SMILES string of the molecule is CC(=O)NCCN(C(C)C(=O)O)S(=O)(=O)c1ccccc1N. The molecule has 1 aromatic carbocycles. The summed E-state index contributed by atoms with van der Waals surface area (Å²) in [5.41, 5.74) is 5.71. The van der Waals surface area contributed by atoms with Gasteiger partial charge in [-0.05, 0) is 19.1 Å². The second kappa shape index (κ2) is 7.23. The number of carboxylic acid groups (broad SMARTS) is 1. The molecule has 0 aromatic heterocycles. The first kappa shape index (κ1) is 17.9. The smallest absolute Gasteiger partial charge is 0.321 e. The van der Waals surface area contributed by atoms with Gasteiger partial charge < -0.3 is 16.2 Å². The first-order valence-electron chi connectivity index (χ1n) is 6.51. The Balaban J connectivity index is 3.16. The number of nitrogens with one attached hydrogen (secondary N) is 1. The summed E-state index contributed by atoms with van der Waals surface area (Å²) >= 11 is 0. The third kappa shape index (κ3) is 4.18. The predicted octanol–water partition coefficient (Wildman–Crippen LogP) is -0.131. The molecule has 0 saturated carbocycles. The lowest BCUT2D eigenvalue weighted by atomic mass is 10.3. The van der Waals surface area contributed by atoms with Crippen LogP contribution in [0.4, 0.5) is 5.69 Å². The fraction of sp³-hybridized carbons (Fsp3) is 0.385. The van der Waals surface area contributed by atoms with Gasteiger partial charge in [-0.15, -0.1) is 0 Å². The number of rotatable bonds is 7. The van der Waals surface area contributed by atoms with E-state index < -0.39 is 22.0 Å². The molecule has 1 rings (SSSR count). The van der Waals surface area contributed by atoms with Gasteiger partial charge >= 0.3 is 5.97 Å². The quantitative estimate of drug-likeness (QED) is 0.597. The molecule has 0 bridgehead atoms. The van der Waals surface area contributed by atoms with E-state index in [2.05, 4.69) is 5.32 Å². The Bertz CT molecular complexity index is 659. The minimum atomic E-state index is -4.10. The highest BCUT2D eigenvalue weighted by Gasteiger charge is 2.33. The Morgan fingerprint density at radius 2 is 1.95 bits per heavy atom. The highest BCUT2D eigenvalue weighted by molar-refractivity contribution is 7.89. The number of benzene rings is 1. The standard InChI is InChI=1S/C13H19N3O5S/c1-9(13(18)19)16(8-7-15-10(2)17)22(20,21)12-6-4-3-5-11(12)14/h3-6,9H,7-8,14H2,1-2H3,(H,15,17)(H,18,19). The molecule has 1 unspecified atom stereocenters. The summed E-state index contributed by atoms with van der Waals surface area (Å²) in [5.74, 6) is -1.62. The van der Waals surface area contributed by atoms with Gasteiger partial charge in [-0.1, -0.05) is 12.1 Å². The zero-order valence-corrected chi connectivity index (χ0v) is 13.1. The molecule has 0 spiro atoms. The summed E-state index contributed by atoms with van der Waals surface area (Å²) in [6.07, 6.45) is 0. The van der Waals surface area contributed by atoms with Crippen molar-refractivity contribution in [2.24, 2.45) is 0 Å². The van der Waals surface area contributed by atoms with Crippen LogP contribution in [0, 0.1) is 0 Å². The molecule has 0 saturated heterocycles. The van der Waals surface area contributed by atoms with E-state index in [0.717, 1.165) is 4.31 Å². The van der Waals surface area contributed by atoms with Gasteiger partial charge in [-0.3, -0.25) is 9.59 Å². The number of nitrogen functional groups attached to an aromatic ring is 1. The number of hydrogen-bond donors (Lipinski definition) is 3. The molecule has 1 amide bonds. The summed E-state index contributed by atoms with van der Waals surface area (Å²) in [4.78, 5) is 21.9. The van der Waals surface area contributed by atoms with Crippen LogP contribution in [0.15, 0.2) is 29.2 Å². The maximum atomic E-state index is 12.6. The molecule has 0 aliphatic carbocycles. The van der Waals surface area contributed by atoms with E-state index in [9.17, 15) is 18.0 Å². The molecule has 9 heteroatoms. The van der Waals surface area contributed by atoms with Gasteiger partial charge in [0.1, 0.15) is 10.9 Å². The zero-order valence-electron chi connectivity index (χ0n) is 12.3.